The van der Waals surface area contributed by atoms with E-state index in [1.165, 1.54) is 6.07 Å². The van der Waals surface area contributed by atoms with Crippen molar-refractivity contribution in [3.8, 4) is 0 Å². The van der Waals surface area contributed by atoms with E-state index in [9.17, 15) is 22.8 Å². The Kier molecular flexibility index (Phi) is 9.01. The highest BCUT2D eigenvalue weighted by Gasteiger charge is 2.41. The summed E-state index contributed by atoms with van der Waals surface area (Å²) in [6.07, 6.45) is 2.26. The predicted octanol–water partition coefficient (Wildman–Crippen LogP) is 5.87. The molecule has 0 atom stereocenters. The molecule has 29 heavy (non-hydrogen) atoms. The summed E-state index contributed by atoms with van der Waals surface area (Å²) in [5, 5.41) is 0.371. The van der Waals surface area contributed by atoms with Gasteiger partial charge in [0.2, 0.25) is 0 Å². The molecule has 0 saturated heterocycles. The summed E-state index contributed by atoms with van der Waals surface area (Å²) >= 11 is 5.88. The van der Waals surface area contributed by atoms with E-state index in [-0.39, 0.29) is 29.7 Å². The number of nitrogens with one attached hydrogen (secondary N) is 2. The lowest BCUT2D eigenvalue weighted by atomic mass is 9.96. The first-order chi connectivity index (χ1) is 13.8. The number of carbonyl (C=O) groups excluding carboxylic acids is 2. The number of hydrazine groups is 1. The fourth-order valence-electron chi connectivity index (χ4n) is 3.36. The lowest BCUT2D eigenvalue weighted by Crippen LogP contribution is -2.39. The van der Waals surface area contributed by atoms with Crippen LogP contribution in [0.15, 0.2) is 35.5 Å². The van der Waals surface area contributed by atoms with E-state index in [1.54, 1.807) is 18.2 Å². The third kappa shape index (κ3) is 7.72. The number of benzene rings is 1. The van der Waals surface area contributed by atoms with Gasteiger partial charge in [0.05, 0.1) is 0 Å². The van der Waals surface area contributed by atoms with Crippen molar-refractivity contribution >= 4 is 23.3 Å². The molecular formula is C21H26ClF3N2O2. The van der Waals surface area contributed by atoms with Crippen molar-refractivity contribution in [2.24, 2.45) is 0 Å². The Bertz CT molecular complexity index is 748. The molecule has 0 unspecified atom stereocenters. The monoisotopic (exact) mass is 430 g/mol. The number of rotatable bonds is 4. The quantitative estimate of drug-likeness (QED) is 0.587. The first kappa shape index (κ1) is 23.3. The van der Waals surface area contributed by atoms with E-state index in [0.29, 0.717) is 17.9 Å². The molecule has 1 aromatic rings. The SMILES string of the molecule is O=C(NN/C1=C(\C(=O)C(F)(F)F)CCCCCCCCCC1)c1cccc(Cl)c1. The maximum Gasteiger partial charge on any atom is 0.454 e. The number of halogens is 4. The third-order valence-corrected chi connectivity index (χ3v) is 5.15. The van der Waals surface area contributed by atoms with E-state index < -0.39 is 17.9 Å². The molecule has 0 fully saturated rings. The topological polar surface area (TPSA) is 58.2 Å². The van der Waals surface area contributed by atoms with E-state index in [1.807, 2.05) is 0 Å². The van der Waals surface area contributed by atoms with Crippen LogP contribution in [-0.2, 0) is 4.79 Å². The van der Waals surface area contributed by atoms with Crippen LogP contribution in [-0.4, -0.2) is 17.9 Å². The summed E-state index contributed by atoms with van der Waals surface area (Å²) in [6.45, 7) is 0. The summed E-state index contributed by atoms with van der Waals surface area (Å²) in [7, 11) is 0. The summed E-state index contributed by atoms with van der Waals surface area (Å²) < 4.78 is 39.5. The molecule has 1 amide bonds. The number of hydrogen-bond donors (Lipinski definition) is 2. The fraction of sp³-hybridized carbons (Fsp3) is 0.524. The molecule has 0 bridgehead atoms. The molecule has 0 aromatic heterocycles. The second kappa shape index (κ2) is 11.2. The van der Waals surface area contributed by atoms with Gasteiger partial charge in [-0.05, 0) is 43.9 Å². The van der Waals surface area contributed by atoms with Gasteiger partial charge in [-0.2, -0.15) is 13.2 Å². The van der Waals surface area contributed by atoms with Gasteiger partial charge in [-0.25, -0.2) is 0 Å². The standard InChI is InChI=1S/C21H26ClF3N2O2/c22-16-11-9-10-15(14-16)20(29)27-26-18-13-8-6-4-2-1-3-5-7-12-17(18)19(28)21(23,24)25/h9-11,14,26H,1-8,12-13H2,(H,27,29)/b18-17-. The van der Waals surface area contributed by atoms with Crippen LogP contribution in [0.4, 0.5) is 13.2 Å². The first-order valence-corrected chi connectivity index (χ1v) is 10.3. The van der Waals surface area contributed by atoms with Crippen molar-refractivity contribution in [1.29, 1.82) is 0 Å². The molecule has 0 radical (unpaired) electrons. The van der Waals surface area contributed by atoms with Crippen LogP contribution in [0.5, 0.6) is 0 Å². The maximum atomic E-state index is 13.2. The van der Waals surface area contributed by atoms with Crippen LogP contribution in [0.3, 0.4) is 0 Å². The molecule has 1 aliphatic rings. The molecule has 0 spiro atoms. The number of hydrogen-bond acceptors (Lipinski definition) is 3. The summed E-state index contributed by atoms with van der Waals surface area (Å²) in [5.41, 5.74) is 5.15. The van der Waals surface area contributed by atoms with Crippen LogP contribution in [0.25, 0.3) is 0 Å². The van der Waals surface area contributed by atoms with Crippen LogP contribution < -0.4 is 10.9 Å². The molecule has 4 nitrogen and oxygen atoms in total. The fourth-order valence-corrected chi connectivity index (χ4v) is 3.55. The molecule has 1 aromatic carbocycles. The first-order valence-electron chi connectivity index (χ1n) is 9.94. The van der Waals surface area contributed by atoms with E-state index in [2.05, 4.69) is 10.9 Å². The molecule has 1 aliphatic carbocycles. The zero-order valence-electron chi connectivity index (χ0n) is 16.2. The van der Waals surface area contributed by atoms with E-state index in [4.69, 9.17) is 11.6 Å². The number of amides is 1. The minimum absolute atomic E-state index is 0.0354. The Morgan fingerprint density at radius 2 is 1.48 bits per heavy atom. The number of Topliss-reactive ketones (excluding diaryl/α,β-unsaturated/α-hetero) is 1. The van der Waals surface area contributed by atoms with Gasteiger partial charge in [0.25, 0.3) is 11.7 Å². The molecule has 2 N–H and O–H groups in total. The summed E-state index contributed by atoms with van der Waals surface area (Å²) in [5.74, 6) is -2.38. The Balaban J connectivity index is 2.23. The molecule has 8 heteroatoms. The highest BCUT2D eigenvalue weighted by Crippen LogP contribution is 2.28. The largest absolute Gasteiger partial charge is 0.454 e. The number of allylic oxidation sites excluding steroid dienone is 2. The van der Waals surface area contributed by atoms with E-state index in [0.717, 1.165) is 38.5 Å². The van der Waals surface area contributed by atoms with Crippen molar-refractivity contribution in [3.63, 3.8) is 0 Å². The molecule has 0 saturated carbocycles. The molecule has 0 heterocycles. The average molecular weight is 431 g/mol. The Hall–Kier alpha value is -2.02. The minimum Gasteiger partial charge on any atom is -0.302 e. The van der Waals surface area contributed by atoms with Gasteiger partial charge in [0.15, 0.2) is 0 Å². The third-order valence-electron chi connectivity index (χ3n) is 4.91. The highest BCUT2D eigenvalue weighted by atomic mass is 35.5. The number of ketones is 1. The molecule has 0 aliphatic heterocycles. The molecule has 160 valence electrons. The van der Waals surface area contributed by atoms with Gasteiger partial charge >= 0.3 is 6.18 Å². The van der Waals surface area contributed by atoms with Gasteiger partial charge in [0, 0.05) is 21.9 Å². The Morgan fingerprint density at radius 1 is 0.897 bits per heavy atom. The molecular weight excluding hydrogens is 405 g/mol. The van der Waals surface area contributed by atoms with Crippen LogP contribution in [0.1, 0.15) is 74.6 Å². The van der Waals surface area contributed by atoms with Crippen LogP contribution in [0.2, 0.25) is 5.02 Å². The summed E-state index contributed by atoms with van der Waals surface area (Å²) in [6, 6.07) is 6.21. The number of alkyl halides is 3. The lowest BCUT2D eigenvalue weighted by molar-refractivity contribution is -0.166. The van der Waals surface area contributed by atoms with Crippen molar-refractivity contribution in [1.82, 2.24) is 10.9 Å². The molecule has 2 rings (SSSR count). The van der Waals surface area contributed by atoms with Gasteiger partial charge in [-0.1, -0.05) is 56.2 Å². The second-order valence-electron chi connectivity index (χ2n) is 7.20. The zero-order chi connectivity index (χ0) is 21.3. The van der Waals surface area contributed by atoms with Gasteiger partial charge in [-0.3, -0.25) is 15.0 Å². The van der Waals surface area contributed by atoms with Crippen molar-refractivity contribution < 1.29 is 22.8 Å². The van der Waals surface area contributed by atoms with E-state index >= 15 is 0 Å². The smallest absolute Gasteiger partial charge is 0.302 e. The Morgan fingerprint density at radius 3 is 2.07 bits per heavy atom. The Labute approximate surface area is 173 Å². The zero-order valence-corrected chi connectivity index (χ0v) is 17.0. The van der Waals surface area contributed by atoms with Crippen LogP contribution in [0, 0.1) is 0 Å². The predicted molar refractivity (Wildman–Crippen MR) is 106 cm³/mol. The van der Waals surface area contributed by atoms with Crippen molar-refractivity contribution in [2.75, 3.05) is 0 Å². The van der Waals surface area contributed by atoms with Gasteiger partial charge < -0.3 is 5.43 Å². The number of carbonyl (C=O) groups is 2. The van der Waals surface area contributed by atoms with Gasteiger partial charge in [-0.15, -0.1) is 0 Å². The summed E-state index contributed by atoms with van der Waals surface area (Å²) in [4.78, 5) is 24.4. The lowest BCUT2D eigenvalue weighted by Gasteiger charge is -2.19. The minimum atomic E-state index is -4.95. The van der Waals surface area contributed by atoms with Crippen LogP contribution >= 0.6 is 11.6 Å². The maximum absolute atomic E-state index is 13.2. The average Bonchev–Trinajstić information content (AvgIpc) is 2.66. The highest BCUT2D eigenvalue weighted by molar-refractivity contribution is 6.30. The normalized spacial score (nSPS) is 19.6. The second-order valence-corrected chi connectivity index (χ2v) is 7.64. The van der Waals surface area contributed by atoms with Gasteiger partial charge in [0.1, 0.15) is 0 Å². The van der Waals surface area contributed by atoms with Crippen molar-refractivity contribution in [3.05, 3.63) is 46.1 Å². The van der Waals surface area contributed by atoms with Crippen molar-refractivity contribution in [2.45, 2.75) is 70.4 Å².